The van der Waals surface area contributed by atoms with Crippen LogP contribution in [0.25, 0.3) is 0 Å². The Bertz CT molecular complexity index is 1570. The van der Waals surface area contributed by atoms with Gasteiger partial charge >= 0.3 is 6.18 Å². The average Bonchev–Trinajstić information content (AvgIpc) is 2.99. The zero-order valence-electron chi connectivity index (χ0n) is 25.1. The molecule has 1 saturated carbocycles. The first-order valence-corrected chi connectivity index (χ1v) is 16.1. The molecule has 44 heavy (non-hydrogen) atoms. The maximum Gasteiger partial charge on any atom is 0.416 e. The maximum atomic E-state index is 14.1. The van der Waals surface area contributed by atoms with Gasteiger partial charge in [0.2, 0.25) is 11.8 Å². The number of nitrogens with one attached hydrogen (secondary N) is 1. The highest BCUT2D eigenvalue weighted by Gasteiger charge is 2.35. The van der Waals surface area contributed by atoms with Crippen LogP contribution in [0.4, 0.5) is 18.9 Å². The molecule has 11 heteroatoms. The molecule has 1 aliphatic rings. The van der Waals surface area contributed by atoms with Crippen LogP contribution in [0.5, 0.6) is 0 Å². The van der Waals surface area contributed by atoms with Gasteiger partial charge in [0.1, 0.15) is 12.6 Å². The van der Waals surface area contributed by atoms with Crippen molar-refractivity contribution in [3.8, 4) is 0 Å². The molecule has 7 nitrogen and oxygen atoms in total. The van der Waals surface area contributed by atoms with Gasteiger partial charge in [0.05, 0.1) is 16.1 Å². The van der Waals surface area contributed by atoms with Crippen LogP contribution in [0.15, 0.2) is 77.7 Å². The van der Waals surface area contributed by atoms with Gasteiger partial charge in [-0.05, 0) is 75.1 Å². The molecule has 2 amide bonds. The van der Waals surface area contributed by atoms with Crippen molar-refractivity contribution in [3.05, 3.63) is 95.1 Å². The molecule has 0 saturated heterocycles. The number of benzene rings is 3. The average molecular weight is 630 g/mol. The zero-order chi connectivity index (χ0) is 32.1. The fourth-order valence-electron chi connectivity index (χ4n) is 5.33. The van der Waals surface area contributed by atoms with Gasteiger partial charge in [0, 0.05) is 12.6 Å². The minimum Gasteiger partial charge on any atom is -0.352 e. The molecular weight excluding hydrogens is 591 g/mol. The predicted octanol–water partition coefficient (Wildman–Crippen LogP) is 6.38. The number of sulfonamides is 1. The summed E-state index contributed by atoms with van der Waals surface area (Å²) in [6.45, 7) is 4.41. The van der Waals surface area contributed by atoms with Gasteiger partial charge in [-0.25, -0.2) is 8.42 Å². The second-order valence-electron chi connectivity index (χ2n) is 11.3. The smallest absolute Gasteiger partial charge is 0.352 e. The fraction of sp³-hybridized carbons (Fsp3) is 0.394. The van der Waals surface area contributed by atoms with E-state index < -0.39 is 40.3 Å². The van der Waals surface area contributed by atoms with E-state index in [0.29, 0.717) is 10.4 Å². The lowest BCUT2D eigenvalue weighted by Gasteiger charge is -2.33. The van der Waals surface area contributed by atoms with E-state index in [1.807, 2.05) is 25.1 Å². The first kappa shape index (κ1) is 33.0. The largest absolute Gasteiger partial charge is 0.416 e. The summed E-state index contributed by atoms with van der Waals surface area (Å²) < 4.78 is 69.6. The Kier molecular flexibility index (Phi) is 10.4. The second kappa shape index (κ2) is 13.8. The quantitative estimate of drug-likeness (QED) is 0.282. The number of nitrogens with zero attached hydrogens (tertiary/aromatic N) is 2. The standard InChI is InChI=1S/C33H38F3N3O4S/c1-23-16-18-30(19-17-23)44(42,43)39(29-15-9-12-27(20-29)33(34,35)36)22-31(40)38(21-26-11-8-7-10-24(26)2)25(3)32(41)37-28-13-5-4-6-14-28/h7-12,15-20,25,28H,4-6,13-14,21-22H2,1-3H3,(H,37,41)/t25-/m1/s1. The molecule has 0 aromatic heterocycles. The molecule has 0 aliphatic heterocycles. The van der Waals surface area contributed by atoms with Crippen LogP contribution in [0.3, 0.4) is 0 Å². The van der Waals surface area contributed by atoms with E-state index in [1.54, 1.807) is 32.0 Å². The highest BCUT2D eigenvalue weighted by atomic mass is 32.2. The number of hydrogen-bond donors (Lipinski definition) is 1. The lowest BCUT2D eigenvalue weighted by atomic mass is 9.95. The van der Waals surface area contributed by atoms with Crippen molar-refractivity contribution in [1.82, 2.24) is 10.2 Å². The van der Waals surface area contributed by atoms with Crippen molar-refractivity contribution in [1.29, 1.82) is 0 Å². The highest BCUT2D eigenvalue weighted by molar-refractivity contribution is 7.92. The summed E-state index contributed by atoms with van der Waals surface area (Å²) in [5.74, 6) is -1.10. The van der Waals surface area contributed by atoms with Gasteiger partial charge < -0.3 is 10.2 Å². The molecule has 1 aliphatic carbocycles. The Morgan fingerprint density at radius 1 is 0.932 bits per heavy atom. The van der Waals surface area contributed by atoms with Gasteiger partial charge in [-0.2, -0.15) is 13.2 Å². The predicted molar refractivity (Wildman–Crippen MR) is 163 cm³/mol. The fourth-order valence-corrected chi connectivity index (χ4v) is 6.73. The molecule has 0 unspecified atom stereocenters. The van der Waals surface area contributed by atoms with Crippen LogP contribution in [0.1, 0.15) is 61.3 Å². The number of anilines is 1. The maximum absolute atomic E-state index is 14.1. The summed E-state index contributed by atoms with van der Waals surface area (Å²) in [6.07, 6.45) is 0.0230. The van der Waals surface area contributed by atoms with Gasteiger partial charge in [-0.3, -0.25) is 13.9 Å². The van der Waals surface area contributed by atoms with E-state index in [2.05, 4.69) is 5.32 Å². The molecule has 0 radical (unpaired) electrons. The minimum absolute atomic E-state index is 0.00572. The minimum atomic E-state index is -4.73. The molecule has 0 bridgehead atoms. The monoisotopic (exact) mass is 629 g/mol. The normalized spacial score (nSPS) is 15.0. The van der Waals surface area contributed by atoms with E-state index in [1.165, 1.54) is 23.1 Å². The van der Waals surface area contributed by atoms with Crippen molar-refractivity contribution in [2.45, 2.75) is 82.6 Å². The Morgan fingerprint density at radius 2 is 1.59 bits per heavy atom. The molecule has 4 rings (SSSR count). The Hall–Kier alpha value is -3.86. The van der Waals surface area contributed by atoms with Crippen molar-refractivity contribution < 1.29 is 31.2 Å². The van der Waals surface area contributed by atoms with Crippen molar-refractivity contribution in [2.75, 3.05) is 10.8 Å². The molecule has 3 aromatic carbocycles. The number of carbonyl (C=O) groups excluding carboxylic acids is 2. The van der Waals surface area contributed by atoms with Crippen LogP contribution in [0.2, 0.25) is 0 Å². The summed E-state index contributed by atoms with van der Waals surface area (Å²) in [5, 5.41) is 3.04. The number of carbonyl (C=O) groups is 2. The third kappa shape index (κ3) is 7.99. The molecule has 1 atom stereocenters. The van der Waals surface area contributed by atoms with E-state index in [0.717, 1.165) is 60.9 Å². The third-order valence-corrected chi connectivity index (χ3v) is 9.86. The molecule has 236 valence electrons. The highest BCUT2D eigenvalue weighted by Crippen LogP contribution is 2.33. The van der Waals surface area contributed by atoms with Crippen LogP contribution in [0, 0.1) is 13.8 Å². The number of rotatable bonds is 10. The first-order chi connectivity index (χ1) is 20.8. The number of hydrogen-bond acceptors (Lipinski definition) is 4. The van der Waals surface area contributed by atoms with Crippen LogP contribution >= 0.6 is 0 Å². The van der Waals surface area contributed by atoms with E-state index in [4.69, 9.17) is 0 Å². The third-order valence-electron chi connectivity index (χ3n) is 8.07. The molecule has 1 fully saturated rings. The van der Waals surface area contributed by atoms with Crippen molar-refractivity contribution >= 4 is 27.5 Å². The van der Waals surface area contributed by atoms with Gasteiger partial charge in [0.15, 0.2) is 0 Å². The summed E-state index contributed by atoms with van der Waals surface area (Å²) in [5.41, 5.74) is 1.04. The van der Waals surface area contributed by atoms with Crippen LogP contribution < -0.4 is 9.62 Å². The Labute approximate surface area is 257 Å². The number of amides is 2. The van der Waals surface area contributed by atoms with Crippen LogP contribution in [-0.2, 0) is 32.3 Å². The Morgan fingerprint density at radius 3 is 2.23 bits per heavy atom. The lowest BCUT2D eigenvalue weighted by molar-refractivity contribution is -0.139. The van der Waals surface area contributed by atoms with Gasteiger partial charge in [-0.1, -0.05) is 67.3 Å². The number of halogens is 3. The lowest BCUT2D eigenvalue weighted by Crippen LogP contribution is -2.53. The second-order valence-corrected chi connectivity index (χ2v) is 13.2. The van der Waals surface area contributed by atoms with Crippen LogP contribution in [-0.4, -0.2) is 43.8 Å². The molecule has 1 N–H and O–H groups in total. The summed E-state index contributed by atoms with van der Waals surface area (Å²) in [4.78, 5) is 28.7. The first-order valence-electron chi connectivity index (χ1n) is 14.7. The van der Waals surface area contributed by atoms with Crippen molar-refractivity contribution in [2.24, 2.45) is 0 Å². The molecule has 0 heterocycles. The zero-order valence-corrected chi connectivity index (χ0v) is 25.9. The summed E-state index contributed by atoms with van der Waals surface area (Å²) >= 11 is 0. The molecule has 3 aromatic rings. The Balaban J connectivity index is 1.73. The number of aryl methyl sites for hydroxylation is 2. The van der Waals surface area contributed by atoms with Gasteiger partial charge in [-0.15, -0.1) is 0 Å². The summed E-state index contributed by atoms with van der Waals surface area (Å²) in [7, 11) is -4.49. The van der Waals surface area contributed by atoms with E-state index in [9.17, 15) is 31.2 Å². The topological polar surface area (TPSA) is 86.8 Å². The van der Waals surface area contributed by atoms with E-state index >= 15 is 0 Å². The van der Waals surface area contributed by atoms with Gasteiger partial charge in [0.25, 0.3) is 10.0 Å². The molecular formula is C33H38F3N3O4S. The van der Waals surface area contributed by atoms with Crippen molar-refractivity contribution in [3.63, 3.8) is 0 Å². The SMILES string of the molecule is Cc1ccc(S(=O)(=O)N(CC(=O)N(Cc2ccccc2C)[C@H](C)C(=O)NC2CCCCC2)c2cccc(C(F)(F)F)c2)cc1. The number of alkyl halides is 3. The molecule has 0 spiro atoms. The van der Waals surface area contributed by atoms with E-state index in [-0.39, 0.29) is 29.1 Å². The summed E-state index contributed by atoms with van der Waals surface area (Å²) in [6, 6.07) is 16.0.